The molecule has 0 aromatic heterocycles. The molecule has 1 aromatic rings. The molecule has 0 unspecified atom stereocenters. The van der Waals surface area contributed by atoms with Crippen molar-refractivity contribution in [3.05, 3.63) is 39.7 Å². The van der Waals surface area contributed by atoms with Gasteiger partial charge in [0.25, 0.3) is 5.91 Å². The van der Waals surface area contributed by atoms with E-state index in [9.17, 15) is 23.5 Å². The Morgan fingerprint density at radius 2 is 2.00 bits per heavy atom. The highest BCUT2D eigenvalue weighted by Crippen LogP contribution is 2.19. The average Bonchev–Trinajstić information content (AvgIpc) is 2.38. The van der Waals surface area contributed by atoms with E-state index in [0.717, 1.165) is 12.1 Å². The fourth-order valence-corrected chi connectivity index (χ4v) is 2.86. The second kappa shape index (κ2) is 5.43. The molecule has 6 nitrogen and oxygen atoms in total. The molecule has 0 aliphatic carbocycles. The van der Waals surface area contributed by atoms with Crippen LogP contribution in [0.4, 0.5) is 10.1 Å². The molecule has 0 N–H and O–H groups in total. The molecule has 0 saturated carbocycles. The molecular formula is C11H11FN2O4S. The van der Waals surface area contributed by atoms with Crippen molar-refractivity contribution in [1.82, 2.24) is 4.90 Å². The van der Waals surface area contributed by atoms with E-state index in [4.69, 9.17) is 0 Å². The van der Waals surface area contributed by atoms with Crippen molar-refractivity contribution < 1.29 is 18.3 Å². The van der Waals surface area contributed by atoms with Crippen molar-refractivity contribution in [2.45, 2.75) is 0 Å². The first-order chi connectivity index (χ1) is 8.99. The number of amides is 1. The predicted molar refractivity (Wildman–Crippen MR) is 66.8 cm³/mol. The van der Waals surface area contributed by atoms with Gasteiger partial charge in [-0.05, 0) is 12.1 Å². The molecule has 8 heteroatoms. The fourth-order valence-electron chi connectivity index (χ4n) is 1.81. The van der Waals surface area contributed by atoms with Crippen LogP contribution in [0.15, 0.2) is 18.2 Å². The molecule has 19 heavy (non-hydrogen) atoms. The Bertz CT molecular complexity index is 554. The van der Waals surface area contributed by atoms with Gasteiger partial charge in [-0.2, -0.15) is 4.39 Å². The maximum Gasteiger partial charge on any atom is 0.304 e. The van der Waals surface area contributed by atoms with Gasteiger partial charge in [0.1, 0.15) is 0 Å². The number of hydrogen-bond donors (Lipinski definition) is 0. The van der Waals surface area contributed by atoms with Crippen molar-refractivity contribution >= 4 is 22.4 Å². The molecule has 0 bridgehead atoms. The molecule has 1 aliphatic heterocycles. The Morgan fingerprint density at radius 1 is 1.37 bits per heavy atom. The van der Waals surface area contributed by atoms with Crippen LogP contribution in [-0.4, -0.2) is 44.5 Å². The lowest BCUT2D eigenvalue weighted by Crippen LogP contribution is -2.41. The smallest absolute Gasteiger partial charge is 0.304 e. The van der Waals surface area contributed by atoms with Crippen LogP contribution in [0, 0.1) is 15.9 Å². The van der Waals surface area contributed by atoms with Gasteiger partial charge in [0.15, 0.2) is 0 Å². The number of nitro groups is 1. The number of nitro benzene ring substituents is 1. The molecule has 0 atom stereocenters. The van der Waals surface area contributed by atoms with Crippen LogP contribution in [-0.2, 0) is 10.8 Å². The summed E-state index contributed by atoms with van der Waals surface area (Å²) < 4.78 is 24.6. The minimum atomic E-state index is -1.03. The molecule has 1 aromatic carbocycles. The van der Waals surface area contributed by atoms with E-state index < -0.39 is 33.1 Å². The summed E-state index contributed by atoms with van der Waals surface area (Å²) in [5, 5.41) is 10.5. The van der Waals surface area contributed by atoms with E-state index in [1.54, 1.807) is 0 Å². The number of carbonyl (C=O) groups excluding carboxylic acids is 1. The third-order valence-corrected chi connectivity index (χ3v) is 4.13. The molecule has 1 fully saturated rings. The number of halogens is 1. The van der Waals surface area contributed by atoms with E-state index >= 15 is 0 Å². The summed E-state index contributed by atoms with van der Waals surface area (Å²) in [6, 6.07) is 3.08. The average molecular weight is 286 g/mol. The lowest BCUT2D eigenvalue weighted by atomic mass is 10.1. The maximum absolute atomic E-state index is 13.4. The molecule has 1 aliphatic rings. The van der Waals surface area contributed by atoms with Crippen LogP contribution in [0.2, 0.25) is 0 Å². The first kappa shape index (κ1) is 13.6. The molecule has 1 heterocycles. The van der Waals surface area contributed by atoms with Crippen LogP contribution in [0.25, 0.3) is 0 Å². The zero-order chi connectivity index (χ0) is 14.0. The Hall–Kier alpha value is -1.83. The highest BCUT2D eigenvalue weighted by molar-refractivity contribution is 7.85. The highest BCUT2D eigenvalue weighted by Gasteiger charge is 2.23. The maximum atomic E-state index is 13.4. The third-order valence-electron chi connectivity index (χ3n) is 2.86. The van der Waals surface area contributed by atoms with Crippen molar-refractivity contribution in [3.63, 3.8) is 0 Å². The number of carbonyl (C=O) groups is 1. The predicted octanol–water partition coefficient (Wildman–Crippen LogP) is 0.938. The van der Waals surface area contributed by atoms with Crippen molar-refractivity contribution in [3.8, 4) is 0 Å². The van der Waals surface area contributed by atoms with Gasteiger partial charge in [0, 0.05) is 47.0 Å². The topological polar surface area (TPSA) is 80.5 Å². The van der Waals surface area contributed by atoms with Crippen LogP contribution < -0.4 is 0 Å². The Morgan fingerprint density at radius 3 is 2.53 bits per heavy atom. The summed E-state index contributed by atoms with van der Waals surface area (Å²) in [7, 11) is -0.905. The van der Waals surface area contributed by atoms with Gasteiger partial charge in [-0.1, -0.05) is 0 Å². The van der Waals surface area contributed by atoms with Gasteiger partial charge >= 0.3 is 5.69 Å². The van der Waals surface area contributed by atoms with E-state index in [1.165, 1.54) is 11.0 Å². The van der Waals surface area contributed by atoms with Crippen molar-refractivity contribution in [2.24, 2.45) is 0 Å². The SMILES string of the molecule is O=C(c1ccc([N+](=O)[O-])c(F)c1)N1CCS(=O)CC1. The van der Waals surface area contributed by atoms with E-state index in [2.05, 4.69) is 0 Å². The monoisotopic (exact) mass is 286 g/mol. The standard InChI is InChI=1S/C11H11FN2O4S/c12-9-7-8(1-2-10(9)14(16)17)11(15)13-3-5-19(18)6-4-13/h1-2,7H,3-6H2. The minimum Gasteiger partial charge on any atom is -0.337 e. The van der Waals surface area contributed by atoms with E-state index in [1.807, 2.05) is 0 Å². The van der Waals surface area contributed by atoms with Crippen molar-refractivity contribution in [2.75, 3.05) is 24.6 Å². The highest BCUT2D eigenvalue weighted by atomic mass is 32.2. The Balaban J connectivity index is 2.18. The van der Waals surface area contributed by atoms with Gasteiger partial charge in [0.2, 0.25) is 5.82 Å². The minimum absolute atomic E-state index is 0.0655. The Labute approximate surface area is 110 Å². The van der Waals surface area contributed by atoms with Crippen molar-refractivity contribution in [1.29, 1.82) is 0 Å². The number of hydrogen-bond acceptors (Lipinski definition) is 4. The molecule has 0 radical (unpaired) electrons. The second-order valence-corrected chi connectivity index (χ2v) is 5.76. The molecule has 0 spiro atoms. The summed E-state index contributed by atoms with van der Waals surface area (Å²) in [6.45, 7) is 0.702. The normalized spacial score (nSPS) is 16.4. The number of benzene rings is 1. The quantitative estimate of drug-likeness (QED) is 0.598. The number of nitrogens with zero attached hydrogens (tertiary/aromatic N) is 2. The largest absolute Gasteiger partial charge is 0.337 e. The van der Waals surface area contributed by atoms with Gasteiger partial charge in [-0.3, -0.25) is 19.1 Å². The number of rotatable bonds is 2. The molecule has 1 saturated heterocycles. The van der Waals surface area contributed by atoms with Gasteiger partial charge in [-0.15, -0.1) is 0 Å². The lowest BCUT2D eigenvalue weighted by Gasteiger charge is -2.26. The summed E-state index contributed by atoms with van der Waals surface area (Å²) in [4.78, 5) is 23.1. The summed E-state index contributed by atoms with van der Waals surface area (Å²) >= 11 is 0. The first-order valence-electron chi connectivity index (χ1n) is 5.57. The molecule has 1 amide bonds. The van der Waals surface area contributed by atoms with Crippen LogP contribution in [0.1, 0.15) is 10.4 Å². The van der Waals surface area contributed by atoms with Crippen LogP contribution >= 0.6 is 0 Å². The molecule has 102 valence electrons. The second-order valence-electron chi connectivity index (χ2n) is 4.06. The van der Waals surface area contributed by atoms with Gasteiger partial charge in [-0.25, -0.2) is 0 Å². The van der Waals surface area contributed by atoms with Crippen LogP contribution in [0.3, 0.4) is 0 Å². The first-order valence-corrected chi connectivity index (χ1v) is 7.06. The molecule has 2 rings (SSSR count). The zero-order valence-electron chi connectivity index (χ0n) is 9.87. The summed E-state index contributed by atoms with van der Waals surface area (Å²) in [5.74, 6) is -0.621. The third kappa shape index (κ3) is 2.95. The molecular weight excluding hydrogens is 275 g/mol. The Kier molecular flexibility index (Phi) is 3.89. The summed E-state index contributed by atoms with van der Waals surface area (Å²) in [6.07, 6.45) is 0. The zero-order valence-corrected chi connectivity index (χ0v) is 10.7. The van der Waals surface area contributed by atoms with E-state index in [0.29, 0.717) is 24.6 Å². The van der Waals surface area contributed by atoms with Crippen LogP contribution in [0.5, 0.6) is 0 Å². The summed E-state index contributed by atoms with van der Waals surface area (Å²) in [5.41, 5.74) is -0.591. The van der Waals surface area contributed by atoms with Gasteiger partial charge < -0.3 is 4.90 Å². The fraction of sp³-hybridized carbons (Fsp3) is 0.364. The lowest BCUT2D eigenvalue weighted by molar-refractivity contribution is -0.387. The van der Waals surface area contributed by atoms with Gasteiger partial charge in [0.05, 0.1) is 4.92 Å². The van der Waals surface area contributed by atoms with E-state index in [-0.39, 0.29) is 5.56 Å².